The quantitative estimate of drug-likeness (QED) is 0.607. The fourth-order valence-corrected chi connectivity index (χ4v) is 2.82. The number of aromatic nitrogens is 2. The van der Waals surface area contributed by atoms with Gasteiger partial charge in [-0.3, -0.25) is 0 Å². The Labute approximate surface area is 107 Å². The minimum atomic E-state index is 0.483. The fourth-order valence-electron chi connectivity index (χ4n) is 1.84. The van der Waals surface area contributed by atoms with Crippen LogP contribution >= 0.6 is 34.2 Å². The first kappa shape index (κ1) is 9.90. The highest BCUT2D eigenvalue weighted by atomic mass is 127. The summed E-state index contributed by atoms with van der Waals surface area (Å²) in [5.74, 6) is 1.26. The fraction of sp³-hybridized carbons (Fsp3) is 0.364. The summed E-state index contributed by atoms with van der Waals surface area (Å²) >= 11 is 8.17. The van der Waals surface area contributed by atoms with Crippen LogP contribution < -0.4 is 0 Å². The van der Waals surface area contributed by atoms with Crippen LogP contribution in [0.4, 0.5) is 0 Å². The van der Waals surface area contributed by atoms with Gasteiger partial charge >= 0.3 is 0 Å². The number of pyridine rings is 1. The highest BCUT2D eigenvalue weighted by Crippen LogP contribution is 2.42. The summed E-state index contributed by atoms with van der Waals surface area (Å²) in [4.78, 5) is 4.44. The van der Waals surface area contributed by atoms with Crippen LogP contribution in [0.2, 0.25) is 0 Å². The van der Waals surface area contributed by atoms with Crippen molar-refractivity contribution in [2.45, 2.75) is 24.6 Å². The third-order valence-corrected chi connectivity index (χ3v) is 3.98. The molecule has 4 heteroatoms. The third kappa shape index (κ3) is 1.76. The van der Waals surface area contributed by atoms with E-state index in [1.54, 1.807) is 0 Å². The molecule has 2 aromatic rings. The van der Waals surface area contributed by atoms with Gasteiger partial charge in [0.25, 0.3) is 0 Å². The van der Waals surface area contributed by atoms with E-state index in [4.69, 9.17) is 11.6 Å². The maximum atomic E-state index is 5.78. The number of rotatable bonds is 2. The first-order chi connectivity index (χ1) is 7.28. The molecule has 1 aliphatic carbocycles. The normalized spacial score (nSPS) is 16.1. The molecular weight excluding hydrogens is 322 g/mol. The van der Waals surface area contributed by atoms with Gasteiger partial charge in [0.1, 0.15) is 5.65 Å². The molecule has 3 rings (SSSR count). The van der Waals surface area contributed by atoms with Gasteiger partial charge in [-0.05, 0) is 53.0 Å². The van der Waals surface area contributed by atoms with E-state index in [-0.39, 0.29) is 0 Å². The van der Waals surface area contributed by atoms with Gasteiger partial charge in [-0.2, -0.15) is 0 Å². The first-order valence-electron chi connectivity index (χ1n) is 5.01. The van der Waals surface area contributed by atoms with Crippen LogP contribution in [0, 0.1) is 3.57 Å². The molecule has 0 atom stereocenters. The summed E-state index contributed by atoms with van der Waals surface area (Å²) in [6, 6.07) is 2.14. The molecule has 15 heavy (non-hydrogen) atoms. The van der Waals surface area contributed by atoms with Crippen molar-refractivity contribution in [2.24, 2.45) is 0 Å². The lowest BCUT2D eigenvalue weighted by Gasteiger charge is -2.03. The molecule has 78 valence electrons. The molecular formula is C11H10ClIN2. The largest absolute Gasteiger partial charge is 0.306 e. The van der Waals surface area contributed by atoms with Gasteiger partial charge in [-0.1, -0.05) is 0 Å². The zero-order valence-corrected chi connectivity index (χ0v) is 11.0. The number of nitrogens with zero attached hydrogens (tertiary/aromatic N) is 2. The van der Waals surface area contributed by atoms with Crippen molar-refractivity contribution in [1.82, 2.24) is 9.38 Å². The number of halogens is 2. The van der Waals surface area contributed by atoms with Crippen molar-refractivity contribution < 1.29 is 0 Å². The van der Waals surface area contributed by atoms with Crippen LogP contribution in [0.15, 0.2) is 18.5 Å². The van der Waals surface area contributed by atoms with Crippen LogP contribution in [0.3, 0.4) is 0 Å². The minimum Gasteiger partial charge on any atom is -0.306 e. The van der Waals surface area contributed by atoms with Crippen molar-refractivity contribution in [3.05, 3.63) is 33.3 Å². The molecule has 2 heterocycles. The monoisotopic (exact) mass is 332 g/mol. The van der Waals surface area contributed by atoms with Crippen molar-refractivity contribution in [2.75, 3.05) is 0 Å². The van der Waals surface area contributed by atoms with E-state index in [0.29, 0.717) is 5.88 Å². The number of hydrogen-bond acceptors (Lipinski definition) is 1. The SMILES string of the molecule is ClCc1cn2cc(C3CC3)c(I)cc2n1. The first-order valence-corrected chi connectivity index (χ1v) is 6.62. The van der Waals surface area contributed by atoms with Gasteiger partial charge in [-0.25, -0.2) is 4.98 Å². The summed E-state index contributed by atoms with van der Waals surface area (Å²) in [5.41, 5.74) is 3.40. The Balaban J connectivity index is 2.18. The van der Waals surface area contributed by atoms with Crippen molar-refractivity contribution in [3.8, 4) is 0 Å². The summed E-state index contributed by atoms with van der Waals surface area (Å²) < 4.78 is 3.42. The van der Waals surface area contributed by atoms with Crippen molar-refractivity contribution >= 4 is 39.8 Å². The summed E-state index contributed by atoms with van der Waals surface area (Å²) in [5, 5.41) is 0. The van der Waals surface area contributed by atoms with E-state index < -0.39 is 0 Å². The van der Waals surface area contributed by atoms with Crippen LogP contribution in [0.5, 0.6) is 0 Å². The standard InChI is InChI=1S/C11H10ClIN2/c12-4-8-5-15-6-9(7-1-2-7)10(13)3-11(15)14-8/h3,5-7H,1-2,4H2. The number of alkyl halides is 1. The molecule has 0 N–H and O–H groups in total. The Morgan fingerprint density at radius 2 is 2.27 bits per heavy atom. The van der Waals surface area contributed by atoms with Crippen LogP contribution in [-0.4, -0.2) is 9.38 Å². The summed E-state index contributed by atoms with van der Waals surface area (Å²) in [6.07, 6.45) is 6.89. The molecule has 2 nitrogen and oxygen atoms in total. The molecule has 0 unspecified atom stereocenters. The highest BCUT2D eigenvalue weighted by Gasteiger charge is 2.26. The van der Waals surface area contributed by atoms with E-state index in [9.17, 15) is 0 Å². The molecule has 0 saturated heterocycles. The molecule has 1 saturated carbocycles. The molecule has 2 aromatic heterocycles. The summed E-state index contributed by atoms with van der Waals surface area (Å²) in [6.45, 7) is 0. The Bertz CT molecular complexity index is 517. The van der Waals surface area contributed by atoms with Gasteiger partial charge in [0.2, 0.25) is 0 Å². The van der Waals surface area contributed by atoms with E-state index in [2.05, 4.69) is 44.2 Å². The maximum absolute atomic E-state index is 5.78. The Kier molecular flexibility index (Phi) is 2.39. The predicted molar refractivity (Wildman–Crippen MR) is 69.4 cm³/mol. The number of imidazole rings is 1. The predicted octanol–water partition coefficient (Wildman–Crippen LogP) is 3.56. The van der Waals surface area contributed by atoms with Gasteiger partial charge < -0.3 is 4.40 Å². The Morgan fingerprint density at radius 1 is 1.47 bits per heavy atom. The van der Waals surface area contributed by atoms with Gasteiger partial charge in [0.05, 0.1) is 11.6 Å². The van der Waals surface area contributed by atoms with Gasteiger partial charge in [-0.15, -0.1) is 11.6 Å². The van der Waals surface area contributed by atoms with E-state index in [1.807, 2.05) is 6.20 Å². The average Bonchev–Trinajstić information content (AvgIpc) is 2.98. The number of fused-ring (bicyclic) bond motifs is 1. The molecule has 0 amide bonds. The molecule has 0 aliphatic heterocycles. The second kappa shape index (κ2) is 3.63. The maximum Gasteiger partial charge on any atom is 0.138 e. The Morgan fingerprint density at radius 3 is 2.93 bits per heavy atom. The van der Waals surface area contributed by atoms with Crippen molar-refractivity contribution in [3.63, 3.8) is 0 Å². The zero-order chi connectivity index (χ0) is 10.4. The van der Waals surface area contributed by atoms with Crippen LogP contribution in [-0.2, 0) is 5.88 Å². The van der Waals surface area contributed by atoms with Gasteiger partial charge in [0.15, 0.2) is 0 Å². The molecule has 0 bridgehead atoms. The van der Waals surface area contributed by atoms with E-state index in [0.717, 1.165) is 17.3 Å². The second-order valence-electron chi connectivity index (χ2n) is 3.98. The van der Waals surface area contributed by atoms with E-state index >= 15 is 0 Å². The van der Waals surface area contributed by atoms with Crippen molar-refractivity contribution in [1.29, 1.82) is 0 Å². The number of hydrogen-bond donors (Lipinski definition) is 0. The van der Waals surface area contributed by atoms with Crippen LogP contribution in [0.25, 0.3) is 5.65 Å². The second-order valence-corrected chi connectivity index (χ2v) is 5.41. The lowest BCUT2D eigenvalue weighted by Crippen LogP contribution is -1.91. The molecule has 0 spiro atoms. The summed E-state index contributed by atoms with van der Waals surface area (Å²) in [7, 11) is 0. The molecule has 0 aromatic carbocycles. The average molecular weight is 333 g/mol. The lowest BCUT2D eigenvalue weighted by molar-refractivity contribution is 1.05. The molecule has 0 radical (unpaired) electrons. The molecule has 1 fully saturated rings. The van der Waals surface area contributed by atoms with Crippen LogP contribution in [0.1, 0.15) is 30.0 Å². The lowest BCUT2D eigenvalue weighted by atomic mass is 10.2. The zero-order valence-electron chi connectivity index (χ0n) is 8.08. The highest BCUT2D eigenvalue weighted by molar-refractivity contribution is 14.1. The van der Waals surface area contributed by atoms with Gasteiger partial charge in [0, 0.05) is 16.0 Å². The van der Waals surface area contributed by atoms with E-state index in [1.165, 1.54) is 22.0 Å². The third-order valence-electron chi connectivity index (χ3n) is 2.77. The smallest absolute Gasteiger partial charge is 0.138 e. The Hall–Kier alpha value is -0.290. The molecule has 1 aliphatic rings. The topological polar surface area (TPSA) is 17.3 Å². The minimum absolute atomic E-state index is 0.483.